The molecule has 1 N–H and O–H groups in total. The molecule has 2 aromatic carbocycles. The number of carboxylic acid groups (broad SMARTS) is 1. The van der Waals surface area contributed by atoms with Crippen molar-refractivity contribution in [1.82, 2.24) is 0 Å². The molecule has 5 nitrogen and oxygen atoms in total. The van der Waals surface area contributed by atoms with Gasteiger partial charge in [0.25, 0.3) is 0 Å². The summed E-state index contributed by atoms with van der Waals surface area (Å²) in [6.07, 6.45) is 2.16. The highest BCUT2D eigenvalue weighted by molar-refractivity contribution is 6.32. The van der Waals surface area contributed by atoms with Gasteiger partial charge in [0.15, 0.2) is 11.5 Å². The molecular formula is C19H21ClO5. The Hall–Kier alpha value is -2.40. The zero-order chi connectivity index (χ0) is 18.2. The first-order chi connectivity index (χ1) is 12.0. The highest BCUT2D eigenvalue weighted by Crippen LogP contribution is 2.36. The summed E-state index contributed by atoms with van der Waals surface area (Å²) >= 11 is 6.09. The lowest BCUT2D eigenvalue weighted by atomic mass is 10.1. The van der Waals surface area contributed by atoms with Gasteiger partial charge in [0.2, 0.25) is 0 Å². The predicted molar refractivity (Wildman–Crippen MR) is 96.4 cm³/mol. The zero-order valence-corrected chi connectivity index (χ0v) is 15.0. The number of aromatic carboxylic acids is 1. The summed E-state index contributed by atoms with van der Waals surface area (Å²) in [6.45, 7) is 2.72. The number of halogens is 1. The molecule has 0 aliphatic heterocycles. The fourth-order valence-electron chi connectivity index (χ4n) is 2.33. The van der Waals surface area contributed by atoms with Crippen molar-refractivity contribution in [1.29, 1.82) is 0 Å². The number of aryl methyl sites for hydroxylation is 1. The van der Waals surface area contributed by atoms with Crippen molar-refractivity contribution in [3.63, 3.8) is 0 Å². The van der Waals surface area contributed by atoms with Crippen molar-refractivity contribution >= 4 is 17.6 Å². The first kappa shape index (κ1) is 18.9. The Morgan fingerprint density at radius 3 is 2.40 bits per heavy atom. The Kier molecular flexibility index (Phi) is 6.95. The number of carboxylic acids is 1. The van der Waals surface area contributed by atoms with E-state index in [1.54, 1.807) is 0 Å². The molecule has 0 spiro atoms. The van der Waals surface area contributed by atoms with Crippen LogP contribution in [0.25, 0.3) is 0 Å². The highest BCUT2D eigenvalue weighted by atomic mass is 35.5. The van der Waals surface area contributed by atoms with Crippen LogP contribution in [0, 0.1) is 0 Å². The van der Waals surface area contributed by atoms with E-state index in [2.05, 4.69) is 6.92 Å². The van der Waals surface area contributed by atoms with Crippen molar-refractivity contribution in [2.24, 2.45) is 0 Å². The Labute approximate surface area is 152 Å². The monoisotopic (exact) mass is 364 g/mol. The van der Waals surface area contributed by atoms with Crippen LogP contribution in [0.3, 0.4) is 0 Å². The number of benzene rings is 2. The van der Waals surface area contributed by atoms with Gasteiger partial charge in [0.05, 0.1) is 17.7 Å². The minimum Gasteiger partial charge on any atom is -0.493 e. The van der Waals surface area contributed by atoms with Gasteiger partial charge >= 0.3 is 5.97 Å². The lowest BCUT2D eigenvalue weighted by Crippen LogP contribution is -2.10. The molecule has 0 radical (unpaired) electrons. The van der Waals surface area contributed by atoms with E-state index in [1.807, 2.05) is 24.3 Å². The standard InChI is InChI=1S/C19H21ClO5/c1-3-4-13-5-7-15(8-6-13)24-9-10-25-18-16(20)11-14(19(21)22)12-17(18)23-2/h5-8,11-12H,3-4,9-10H2,1-2H3,(H,21,22). The Morgan fingerprint density at radius 2 is 1.80 bits per heavy atom. The minimum absolute atomic E-state index is 0.0395. The molecule has 0 heterocycles. The summed E-state index contributed by atoms with van der Waals surface area (Å²) in [5.74, 6) is 0.259. The molecule has 0 fully saturated rings. The largest absolute Gasteiger partial charge is 0.493 e. The lowest BCUT2D eigenvalue weighted by molar-refractivity contribution is 0.0696. The van der Waals surface area contributed by atoms with Gasteiger partial charge in [-0.2, -0.15) is 0 Å². The first-order valence-corrected chi connectivity index (χ1v) is 8.38. The van der Waals surface area contributed by atoms with Crippen LogP contribution in [-0.2, 0) is 6.42 Å². The van der Waals surface area contributed by atoms with E-state index in [4.69, 9.17) is 30.9 Å². The molecule has 0 atom stereocenters. The summed E-state index contributed by atoms with van der Waals surface area (Å²) in [4.78, 5) is 11.0. The van der Waals surface area contributed by atoms with E-state index in [-0.39, 0.29) is 22.9 Å². The highest BCUT2D eigenvalue weighted by Gasteiger charge is 2.15. The Bertz CT molecular complexity index is 712. The average Bonchev–Trinajstić information content (AvgIpc) is 2.60. The summed E-state index contributed by atoms with van der Waals surface area (Å²) in [5, 5.41) is 9.22. The van der Waals surface area contributed by atoms with Crippen molar-refractivity contribution < 1.29 is 24.1 Å². The number of carbonyl (C=O) groups is 1. The number of methoxy groups -OCH3 is 1. The molecule has 6 heteroatoms. The molecule has 0 bridgehead atoms. The van der Waals surface area contributed by atoms with E-state index in [1.165, 1.54) is 24.8 Å². The number of hydrogen-bond donors (Lipinski definition) is 1. The van der Waals surface area contributed by atoms with Crippen molar-refractivity contribution in [3.8, 4) is 17.2 Å². The average molecular weight is 365 g/mol. The second kappa shape index (κ2) is 9.18. The van der Waals surface area contributed by atoms with E-state index < -0.39 is 5.97 Å². The second-order valence-corrected chi connectivity index (χ2v) is 5.79. The fourth-order valence-corrected chi connectivity index (χ4v) is 2.59. The van der Waals surface area contributed by atoms with Gasteiger partial charge < -0.3 is 19.3 Å². The zero-order valence-electron chi connectivity index (χ0n) is 14.3. The molecular weight excluding hydrogens is 344 g/mol. The fraction of sp³-hybridized carbons (Fsp3) is 0.316. The topological polar surface area (TPSA) is 65.0 Å². The van der Waals surface area contributed by atoms with Crippen LogP contribution in [0.4, 0.5) is 0 Å². The van der Waals surface area contributed by atoms with Gasteiger partial charge in [0, 0.05) is 0 Å². The maximum atomic E-state index is 11.0. The maximum absolute atomic E-state index is 11.0. The third kappa shape index (κ3) is 5.29. The van der Waals surface area contributed by atoms with Gasteiger partial charge in [-0.25, -0.2) is 4.79 Å². The van der Waals surface area contributed by atoms with Crippen molar-refractivity contribution in [2.45, 2.75) is 19.8 Å². The van der Waals surface area contributed by atoms with E-state index >= 15 is 0 Å². The number of hydrogen-bond acceptors (Lipinski definition) is 4. The van der Waals surface area contributed by atoms with Crippen LogP contribution in [0.5, 0.6) is 17.2 Å². The quantitative estimate of drug-likeness (QED) is 0.665. The molecule has 2 rings (SSSR count). The number of rotatable bonds is 9. The summed E-state index contributed by atoms with van der Waals surface area (Å²) in [6, 6.07) is 10.7. The molecule has 25 heavy (non-hydrogen) atoms. The van der Waals surface area contributed by atoms with E-state index in [0.29, 0.717) is 12.4 Å². The van der Waals surface area contributed by atoms with Crippen LogP contribution in [0.1, 0.15) is 29.3 Å². The SMILES string of the molecule is CCCc1ccc(OCCOc2c(Cl)cc(C(=O)O)cc2OC)cc1. The molecule has 0 aliphatic carbocycles. The van der Waals surface area contributed by atoms with E-state index in [9.17, 15) is 4.79 Å². The van der Waals surface area contributed by atoms with Gasteiger partial charge in [-0.3, -0.25) is 0 Å². The molecule has 0 saturated heterocycles. The van der Waals surface area contributed by atoms with Crippen LogP contribution in [0.2, 0.25) is 5.02 Å². The Morgan fingerprint density at radius 1 is 1.12 bits per heavy atom. The van der Waals surface area contributed by atoms with Crippen LogP contribution in [0.15, 0.2) is 36.4 Å². The molecule has 134 valence electrons. The first-order valence-electron chi connectivity index (χ1n) is 8.00. The summed E-state index contributed by atoms with van der Waals surface area (Å²) < 4.78 is 16.4. The van der Waals surface area contributed by atoms with Gasteiger partial charge in [0.1, 0.15) is 19.0 Å². The van der Waals surface area contributed by atoms with Crippen LogP contribution in [-0.4, -0.2) is 31.4 Å². The lowest BCUT2D eigenvalue weighted by Gasteiger charge is -2.14. The van der Waals surface area contributed by atoms with Gasteiger partial charge in [-0.05, 0) is 36.2 Å². The van der Waals surface area contributed by atoms with E-state index in [0.717, 1.165) is 18.6 Å². The smallest absolute Gasteiger partial charge is 0.335 e. The second-order valence-electron chi connectivity index (χ2n) is 5.39. The van der Waals surface area contributed by atoms with Crippen LogP contribution >= 0.6 is 11.6 Å². The molecule has 0 aliphatic rings. The van der Waals surface area contributed by atoms with Crippen LogP contribution < -0.4 is 14.2 Å². The molecule has 0 unspecified atom stereocenters. The molecule has 0 amide bonds. The molecule has 0 saturated carbocycles. The summed E-state index contributed by atoms with van der Waals surface area (Å²) in [5.41, 5.74) is 1.32. The molecule has 2 aromatic rings. The molecule has 0 aromatic heterocycles. The summed E-state index contributed by atoms with van der Waals surface area (Å²) in [7, 11) is 1.43. The third-order valence-electron chi connectivity index (χ3n) is 3.54. The maximum Gasteiger partial charge on any atom is 0.335 e. The minimum atomic E-state index is -1.08. The van der Waals surface area contributed by atoms with Crippen molar-refractivity contribution in [2.75, 3.05) is 20.3 Å². The van der Waals surface area contributed by atoms with Gasteiger partial charge in [-0.15, -0.1) is 0 Å². The number of ether oxygens (including phenoxy) is 3. The normalized spacial score (nSPS) is 10.4. The third-order valence-corrected chi connectivity index (χ3v) is 3.82. The van der Waals surface area contributed by atoms with Gasteiger partial charge in [-0.1, -0.05) is 37.1 Å². The van der Waals surface area contributed by atoms with Crippen molar-refractivity contribution in [3.05, 3.63) is 52.5 Å². The predicted octanol–water partition coefficient (Wildman–Crippen LogP) is 4.46. The Balaban J connectivity index is 1.92.